The second-order valence-electron chi connectivity index (χ2n) is 4.88. The van der Waals surface area contributed by atoms with Gasteiger partial charge in [0.05, 0.1) is 0 Å². The third-order valence-electron chi connectivity index (χ3n) is 3.15. The monoisotopic (exact) mass is 275 g/mol. The lowest BCUT2D eigenvalue weighted by Gasteiger charge is -2.15. The molecular weight excluding hydrogens is 242 g/mol. The van der Waals surface area contributed by atoms with Gasteiger partial charge in [-0.15, -0.1) is 0 Å². The van der Waals surface area contributed by atoms with E-state index in [1.54, 1.807) is 0 Å². The summed E-state index contributed by atoms with van der Waals surface area (Å²) in [4.78, 5) is 0. The van der Waals surface area contributed by atoms with Crippen LogP contribution in [0.4, 0.5) is 0 Å². The molecule has 3 nitrogen and oxygen atoms in total. The summed E-state index contributed by atoms with van der Waals surface area (Å²) in [5.41, 5.74) is 5.63. The predicted octanol–water partition coefficient (Wildman–Crippen LogP) is 3.36. The summed E-state index contributed by atoms with van der Waals surface area (Å²) < 4.78 is 11.0. The Morgan fingerprint density at radius 3 is 1.89 bits per heavy atom. The molecule has 0 spiro atoms. The molecule has 0 atom stereocenters. The van der Waals surface area contributed by atoms with Crippen molar-refractivity contribution in [2.45, 2.75) is 77.8 Å². The van der Waals surface area contributed by atoms with Crippen LogP contribution in [-0.4, -0.2) is 28.5 Å². The lowest BCUT2D eigenvalue weighted by Crippen LogP contribution is -2.22. The number of unbranched alkanes of at least 4 members (excludes halogenated alkanes) is 1. The minimum absolute atomic E-state index is 0.536. The second kappa shape index (κ2) is 13.5. The van der Waals surface area contributed by atoms with E-state index in [1.807, 2.05) is 13.8 Å². The lowest BCUT2D eigenvalue weighted by atomic mass is 9.97. The van der Waals surface area contributed by atoms with Crippen LogP contribution in [0.2, 0.25) is 6.04 Å². The third-order valence-corrected chi connectivity index (χ3v) is 5.44. The van der Waals surface area contributed by atoms with Gasteiger partial charge in [-0.05, 0) is 32.7 Å². The normalized spacial score (nSPS) is 16.5. The minimum Gasteiger partial charge on any atom is -0.397 e. The number of nitrogens with two attached hydrogens (primary N) is 1. The first-order chi connectivity index (χ1) is 8.74. The molecule has 2 N–H and O–H groups in total. The first-order valence-corrected chi connectivity index (χ1v) is 9.49. The Morgan fingerprint density at radius 2 is 1.56 bits per heavy atom. The van der Waals surface area contributed by atoms with Crippen molar-refractivity contribution in [2.75, 3.05) is 13.2 Å². The molecule has 0 aromatic rings. The van der Waals surface area contributed by atoms with Crippen LogP contribution in [0.3, 0.4) is 0 Å². The zero-order valence-corrected chi connectivity index (χ0v) is 13.8. The van der Waals surface area contributed by atoms with Gasteiger partial charge < -0.3 is 14.6 Å². The summed E-state index contributed by atoms with van der Waals surface area (Å²) in [5, 5.41) is 0. The summed E-state index contributed by atoms with van der Waals surface area (Å²) >= 11 is 0. The number of rotatable bonds is 7. The Labute approximate surface area is 115 Å². The van der Waals surface area contributed by atoms with Gasteiger partial charge in [0.25, 0.3) is 0 Å². The van der Waals surface area contributed by atoms with Gasteiger partial charge in [0, 0.05) is 19.3 Å². The van der Waals surface area contributed by atoms with Crippen LogP contribution in [0.25, 0.3) is 0 Å². The first-order valence-electron chi connectivity index (χ1n) is 7.73. The molecule has 0 radical (unpaired) electrons. The summed E-state index contributed by atoms with van der Waals surface area (Å²) in [5.74, 6) is 0. The highest BCUT2D eigenvalue weighted by molar-refractivity contribution is 6.44. The van der Waals surface area contributed by atoms with Crippen molar-refractivity contribution in [2.24, 2.45) is 5.73 Å². The molecule has 0 aliphatic heterocycles. The molecular formula is C14H33NO2Si. The van der Waals surface area contributed by atoms with E-state index in [0.29, 0.717) is 6.04 Å². The molecule has 18 heavy (non-hydrogen) atoms. The van der Waals surface area contributed by atoms with Gasteiger partial charge in [0.1, 0.15) is 0 Å². The van der Waals surface area contributed by atoms with E-state index in [9.17, 15) is 0 Å². The molecule has 0 aromatic carbocycles. The van der Waals surface area contributed by atoms with Gasteiger partial charge in [-0.25, -0.2) is 0 Å². The largest absolute Gasteiger partial charge is 0.397 e. The molecule has 0 saturated heterocycles. The van der Waals surface area contributed by atoms with Crippen molar-refractivity contribution in [3.05, 3.63) is 0 Å². The predicted molar refractivity (Wildman–Crippen MR) is 81.2 cm³/mol. The Hall–Kier alpha value is 0.0969. The highest BCUT2D eigenvalue weighted by atomic mass is 28.3. The van der Waals surface area contributed by atoms with E-state index in [1.165, 1.54) is 44.9 Å². The standard InChI is InChI=1S/C8H20O2Si.C6H13N/c1-4-7-8-11(9-5-2)10-6-3;7-6-4-2-1-3-5-6/h11H,4-8H2,1-3H3;6H,1-5,7H2. The molecule has 4 heteroatoms. The molecule has 1 aliphatic rings. The van der Waals surface area contributed by atoms with Gasteiger partial charge in [-0.1, -0.05) is 39.0 Å². The molecule has 1 aliphatic carbocycles. The van der Waals surface area contributed by atoms with Crippen molar-refractivity contribution in [3.8, 4) is 0 Å². The van der Waals surface area contributed by atoms with Gasteiger partial charge in [-0.2, -0.15) is 0 Å². The fraction of sp³-hybridized carbons (Fsp3) is 1.00. The average molecular weight is 276 g/mol. The molecule has 0 unspecified atom stereocenters. The highest BCUT2D eigenvalue weighted by Crippen LogP contribution is 2.14. The van der Waals surface area contributed by atoms with Crippen LogP contribution in [-0.2, 0) is 8.85 Å². The van der Waals surface area contributed by atoms with Crippen molar-refractivity contribution >= 4 is 9.28 Å². The van der Waals surface area contributed by atoms with E-state index in [4.69, 9.17) is 14.6 Å². The maximum absolute atomic E-state index is 5.63. The summed E-state index contributed by atoms with van der Waals surface area (Å²) in [6, 6.07) is 1.70. The van der Waals surface area contributed by atoms with Gasteiger partial charge >= 0.3 is 9.28 Å². The fourth-order valence-corrected chi connectivity index (χ4v) is 4.01. The maximum atomic E-state index is 5.63. The quantitative estimate of drug-likeness (QED) is 0.725. The van der Waals surface area contributed by atoms with Crippen LogP contribution in [0.15, 0.2) is 0 Å². The van der Waals surface area contributed by atoms with E-state index < -0.39 is 9.28 Å². The summed E-state index contributed by atoms with van der Waals surface area (Å²) in [6.45, 7) is 7.88. The van der Waals surface area contributed by atoms with Crippen LogP contribution in [0.1, 0.15) is 65.7 Å². The average Bonchev–Trinajstić information content (AvgIpc) is 2.38. The van der Waals surface area contributed by atoms with E-state index in [2.05, 4.69) is 6.92 Å². The van der Waals surface area contributed by atoms with Crippen molar-refractivity contribution in [1.29, 1.82) is 0 Å². The molecule has 1 saturated carbocycles. The molecule has 110 valence electrons. The van der Waals surface area contributed by atoms with E-state index in [0.717, 1.165) is 19.3 Å². The Kier molecular flexibility index (Phi) is 13.6. The van der Waals surface area contributed by atoms with Crippen LogP contribution < -0.4 is 5.73 Å². The Balaban J connectivity index is 0.000000351. The SMILES string of the molecule is CCCC[SiH](OCC)OCC.NC1CCCCC1. The molecule has 0 aromatic heterocycles. The number of hydrogen-bond acceptors (Lipinski definition) is 3. The highest BCUT2D eigenvalue weighted by Gasteiger charge is 2.09. The zero-order valence-electron chi connectivity index (χ0n) is 12.6. The maximum Gasteiger partial charge on any atom is 0.321 e. The topological polar surface area (TPSA) is 44.5 Å². The Morgan fingerprint density at radius 1 is 1.00 bits per heavy atom. The van der Waals surface area contributed by atoms with Gasteiger partial charge in [0.2, 0.25) is 0 Å². The summed E-state index contributed by atoms with van der Waals surface area (Å²) in [7, 11) is -1.25. The molecule has 1 rings (SSSR count). The van der Waals surface area contributed by atoms with Crippen LogP contribution in [0.5, 0.6) is 0 Å². The summed E-state index contributed by atoms with van der Waals surface area (Å²) in [6.07, 6.45) is 9.15. The van der Waals surface area contributed by atoms with Crippen molar-refractivity contribution in [3.63, 3.8) is 0 Å². The lowest BCUT2D eigenvalue weighted by molar-refractivity contribution is 0.213. The van der Waals surface area contributed by atoms with Crippen LogP contribution in [0, 0.1) is 0 Å². The smallest absolute Gasteiger partial charge is 0.321 e. The second-order valence-corrected chi connectivity index (χ2v) is 6.98. The molecule has 0 amide bonds. The third kappa shape index (κ3) is 11.2. The van der Waals surface area contributed by atoms with E-state index >= 15 is 0 Å². The molecule has 0 heterocycles. The van der Waals surface area contributed by atoms with Crippen molar-refractivity contribution in [1.82, 2.24) is 0 Å². The Bertz CT molecular complexity index is 158. The van der Waals surface area contributed by atoms with Gasteiger partial charge in [-0.3, -0.25) is 0 Å². The molecule has 1 fully saturated rings. The number of hydrogen-bond donors (Lipinski definition) is 1. The van der Waals surface area contributed by atoms with Crippen molar-refractivity contribution < 1.29 is 8.85 Å². The van der Waals surface area contributed by atoms with Gasteiger partial charge in [0.15, 0.2) is 0 Å². The van der Waals surface area contributed by atoms with E-state index in [-0.39, 0.29) is 0 Å². The first kappa shape index (κ1) is 18.1. The fourth-order valence-electron chi connectivity index (χ4n) is 2.09. The molecule has 0 bridgehead atoms. The zero-order chi connectivity index (χ0) is 13.6. The van der Waals surface area contributed by atoms with Crippen LogP contribution >= 0.6 is 0 Å². The minimum atomic E-state index is -1.25.